The number of hydrogen-bond acceptors (Lipinski definition) is 2. The molecule has 0 bridgehead atoms. The van der Waals surface area contributed by atoms with Gasteiger partial charge in [-0.2, -0.15) is 0 Å². The van der Waals surface area contributed by atoms with Crippen LogP contribution >= 0.6 is 0 Å². The monoisotopic (exact) mass is 497 g/mol. The summed E-state index contributed by atoms with van der Waals surface area (Å²) >= 11 is 0. The second kappa shape index (κ2) is 18.5. The van der Waals surface area contributed by atoms with Crippen molar-refractivity contribution in [2.45, 2.75) is 120 Å². The van der Waals surface area contributed by atoms with Gasteiger partial charge in [-0.3, -0.25) is 4.79 Å². The van der Waals surface area contributed by atoms with Crippen molar-refractivity contribution in [3.05, 3.63) is 59.7 Å². The average molecular weight is 498 g/mol. The van der Waals surface area contributed by atoms with E-state index in [1.807, 2.05) is 6.92 Å². The second-order valence-corrected chi connectivity index (χ2v) is 11.9. The van der Waals surface area contributed by atoms with Gasteiger partial charge in [-0.1, -0.05) is 101 Å². The molecular weight excluding hydrogens is 448 g/mol. The molecule has 0 radical (unpaired) electrons. The molecule has 194 valence electrons. The fourth-order valence-corrected chi connectivity index (χ4v) is 6.63. The summed E-state index contributed by atoms with van der Waals surface area (Å²) in [7, 11) is 0.110. The summed E-state index contributed by atoms with van der Waals surface area (Å²) in [5.74, 6) is 1.12. The number of rotatable bonds is 19. The van der Waals surface area contributed by atoms with E-state index < -0.39 is 0 Å². The number of carbonyl (C=O) groups excluding carboxylic acids is 1. The van der Waals surface area contributed by atoms with Gasteiger partial charge in [-0.15, -0.1) is 0 Å². The molecule has 3 heteroatoms. The molecule has 1 atom stereocenters. The molecule has 1 unspecified atom stereocenters. The third kappa shape index (κ3) is 12.7. The zero-order chi connectivity index (χ0) is 25.1. The molecule has 35 heavy (non-hydrogen) atoms. The average Bonchev–Trinajstić information content (AvgIpc) is 2.87. The Morgan fingerprint density at radius 2 is 1.17 bits per heavy atom. The Bertz CT molecular complexity index is 797. The third-order valence-corrected chi connectivity index (χ3v) is 9.02. The maximum atomic E-state index is 11.7. The van der Waals surface area contributed by atoms with E-state index in [0.29, 0.717) is 13.0 Å². The maximum absolute atomic E-state index is 11.7. The van der Waals surface area contributed by atoms with Crippen LogP contribution in [-0.2, 0) is 26.8 Å². The molecule has 2 aromatic carbocycles. The highest BCUT2D eigenvalue weighted by Gasteiger charge is 2.24. The van der Waals surface area contributed by atoms with Gasteiger partial charge in [-0.25, -0.2) is 0 Å². The normalized spacial score (nSPS) is 12.0. The number of aryl methyl sites for hydroxylation is 2. The standard InChI is InChI=1S/C32H49O2S/c1-4-6-7-8-9-10-11-12-13-14-15-16-27-35(30-22-17-28(3)18-23-30)31-24-19-29(20-25-31)21-26-32(33)34-5-2/h17-20,22-25H,4-16,21,26-27H2,1-3H3/q+1. The molecule has 0 aliphatic heterocycles. The number of unbranched alkanes of at least 4 members (excludes halogenated alkanes) is 11. The molecule has 0 heterocycles. The molecule has 0 aliphatic carbocycles. The largest absolute Gasteiger partial charge is 0.466 e. The Labute approximate surface area is 218 Å². The lowest BCUT2D eigenvalue weighted by atomic mass is 10.1. The third-order valence-electron chi connectivity index (χ3n) is 6.64. The van der Waals surface area contributed by atoms with Crippen LogP contribution in [0.5, 0.6) is 0 Å². The first-order valence-corrected chi connectivity index (χ1v) is 15.6. The van der Waals surface area contributed by atoms with E-state index in [-0.39, 0.29) is 16.9 Å². The number of ether oxygens (including phenoxy) is 1. The molecule has 0 N–H and O–H groups in total. The maximum Gasteiger partial charge on any atom is 0.306 e. The van der Waals surface area contributed by atoms with E-state index in [1.165, 1.54) is 104 Å². The molecule has 0 amide bonds. The topological polar surface area (TPSA) is 26.3 Å². The van der Waals surface area contributed by atoms with Gasteiger partial charge in [0.05, 0.1) is 17.5 Å². The molecule has 0 saturated carbocycles. The lowest BCUT2D eigenvalue weighted by Crippen LogP contribution is -2.09. The van der Waals surface area contributed by atoms with Crippen molar-refractivity contribution in [2.24, 2.45) is 0 Å². The first-order chi connectivity index (χ1) is 17.1. The van der Waals surface area contributed by atoms with Crippen LogP contribution in [0.25, 0.3) is 0 Å². The number of esters is 1. The van der Waals surface area contributed by atoms with Crippen molar-refractivity contribution in [3.8, 4) is 0 Å². The van der Waals surface area contributed by atoms with Crippen LogP contribution in [0.1, 0.15) is 108 Å². The lowest BCUT2D eigenvalue weighted by Gasteiger charge is -2.10. The Balaban J connectivity index is 1.78. The van der Waals surface area contributed by atoms with Crippen molar-refractivity contribution in [1.82, 2.24) is 0 Å². The summed E-state index contributed by atoms with van der Waals surface area (Å²) in [6, 6.07) is 18.1. The molecule has 0 spiro atoms. The van der Waals surface area contributed by atoms with E-state index in [1.54, 1.807) is 0 Å². The van der Waals surface area contributed by atoms with Gasteiger partial charge in [0, 0.05) is 6.42 Å². The van der Waals surface area contributed by atoms with Gasteiger partial charge in [-0.05, 0) is 62.9 Å². The van der Waals surface area contributed by atoms with E-state index in [4.69, 9.17) is 4.74 Å². The van der Waals surface area contributed by atoms with Crippen LogP contribution in [0.15, 0.2) is 58.3 Å². The van der Waals surface area contributed by atoms with Gasteiger partial charge in [0.1, 0.15) is 5.75 Å². The van der Waals surface area contributed by atoms with Crippen molar-refractivity contribution in [3.63, 3.8) is 0 Å². The first kappa shape index (κ1) is 29.5. The molecular formula is C32H49O2S+. The van der Waals surface area contributed by atoms with E-state index in [9.17, 15) is 4.79 Å². The minimum atomic E-state index is -0.108. The highest BCUT2D eigenvalue weighted by atomic mass is 32.2. The first-order valence-electron chi connectivity index (χ1n) is 14.2. The number of carbonyl (C=O) groups is 1. The fourth-order valence-electron chi connectivity index (χ4n) is 4.46. The molecule has 0 aliphatic rings. The summed E-state index contributed by atoms with van der Waals surface area (Å²) in [4.78, 5) is 14.5. The molecule has 0 fully saturated rings. The van der Waals surface area contributed by atoms with Crippen LogP contribution < -0.4 is 0 Å². The highest BCUT2D eigenvalue weighted by molar-refractivity contribution is 7.97. The summed E-state index contributed by atoms with van der Waals surface area (Å²) in [6.45, 7) is 6.76. The number of benzene rings is 2. The lowest BCUT2D eigenvalue weighted by molar-refractivity contribution is -0.143. The van der Waals surface area contributed by atoms with E-state index in [2.05, 4.69) is 62.4 Å². The van der Waals surface area contributed by atoms with Crippen molar-refractivity contribution in [1.29, 1.82) is 0 Å². The Kier molecular flexibility index (Phi) is 15.6. The van der Waals surface area contributed by atoms with Gasteiger partial charge in [0.25, 0.3) is 0 Å². The number of hydrogen-bond donors (Lipinski definition) is 0. The van der Waals surface area contributed by atoms with Crippen LogP contribution in [0.4, 0.5) is 0 Å². The minimum absolute atomic E-state index is 0.108. The molecule has 0 saturated heterocycles. The minimum Gasteiger partial charge on any atom is -0.466 e. The van der Waals surface area contributed by atoms with E-state index >= 15 is 0 Å². The van der Waals surface area contributed by atoms with Crippen molar-refractivity contribution >= 4 is 16.9 Å². The van der Waals surface area contributed by atoms with Gasteiger partial charge in [0.2, 0.25) is 0 Å². The summed E-state index contributed by atoms with van der Waals surface area (Å²) < 4.78 is 5.06. The summed E-state index contributed by atoms with van der Waals surface area (Å²) in [6.07, 6.45) is 17.9. The summed E-state index contributed by atoms with van der Waals surface area (Å²) in [5.41, 5.74) is 2.52. The van der Waals surface area contributed by atoms with Gasteiger partial charge >= 0.3 is 5.97 Å². The van der Waals surface area contributed by atoms with Crippen LogP contribution in [-0.4, -0.2) is 18.3 Å². The molecule has 0 aromatic heterocycles. The fraction of sp³-hybridized carbons (Fsp3) is 0.594. The smallest absolute Gasteiger partial charge is 0.306 e. The predicted molar refractivity (Wildman–Crippen MR) is 152 cm³/mol. The summed E-state index contributed by atoms with van der Waals surface area (Å²) in [5, 5.41) is 0. The predicted octanol–water partition coefficient (Wildman–Crippen LogP) is 9.23. The Hall–Kier alpha value is -1.74. The zero-order valence-corrected chi connectivity index (χ0v) is 23.5. The SMILES string of the molecule is CCCCCCCCCCCCCC[S+](c1ccc(C)cc1)c1ccc(CCC(=O)OCC)cc1. The van der Waals surface area contributed by atoms with Crippen molar-refractivity contribution < 1.29 is 9.53 Å². The van der Waals surface area contributed by atoms with Crippen LogP contribution in [0.3, 0.4) is 0 Å². The molecule has 2 aromatic rings. The molecule has 2 nitrogen and oxygen atoms in total. The van der Waals surface area contributed by atoms with Gasteiger partial charge in [0.15, 0.2) is 9.79 Å². The van der Waals surface area contributed by atoms with Crippen molar-refractivity contribution in [2.75, 3.05) is 12.4 Å². The Morgan fingerprint density at radius 3 is 1.69 bits per heavy atom. The van der Waals surface area contributed by atoms with Crippen LogP contribution in [0.2, 0.25) is 0 Å². The van der Waals surface area contributed by atoms with Crippen LogP contribution in [0, 0.1) is 6.92 Å². The second-order valence-electron chi connectivity index (χ2n) is 9.75. The quantitative estimate of drug-likeness (QED) is 0.110. The highest BCUT2D eigenvalue weighted by Crippen LogP contribution is 2.26. The molecule has 2 rings (SSSR count). The van der Waals surface area contributed by atoms with Gasteiger partial charge < -0.3 is 4.74 Å². The zero-order valence-electron chi connectivity index (χ0n) is 22.7. The van der Waals surface area contributed by atoms with E-state index in [0.717, 1.165) is 6.42 Å². The Morgan fingerprint density at radius 1 is 0.686 bits per heavy atom.